The Morgan fingerprint density at radius 2 is 2.12 bits per heavy atom. The summed E-state index contributed by atoms with van der Waals surface area (Å²) in [5.74, 6) is 0. The molecule has 0 saturated carbocycles. The van der Waals surface area contributed by atoms with E-state index in [2.05, 4.69) is 14.9 Å². The van der Waals surface area contributed by atoms with E-state index in [1.807, 2.05) is 11.8 Å². The second-order valence-corrected chi connectivity index (χ2v) is 4.66. The van der Waals surface area contributed by atoms with Gasteiger partial charge in [0.2, 0.25) is 0 Å². The summed E-state index contributed by atoms with van der Waals surface area (Å²) in [7, 11) is 0. The summed E-state index contributed by atoms with van der Waals surface area (Å²) in [6, 6.07) is 0. The fraction of sp³-hybridized carbons (Fsp3) is 0.778. The monoisotopic (exact) mass is 244 g/mol. The highest BCUT2D eigenvalue weighted by Gasteiger charge is 2.30. The van der Waals surface area contributed by atoms with Gasteiger partial charge in [0.1, 0.15) is 10.7 Å². The molecule has 1 saturated heterocycles. The first kappa shape index (κ1) is 11.7. The SMILES string of the molecule is CCNc1snnc1CN1CC(O)C(O)C1. The molecule has 2 unspecified atom stereocenters. The summed E-state index contributed by atoms with van der Waals surface area (Å²) in [6.07, 6.45) is -1.29. The molecular formula is C9H16N4O2S. The molecule has 2 heterocycles. The molecule has 0 bridgehead atoms. The molecule has 90 valence electrons. The van der Waals surface area contributed by atoms with Crippen LogP contribution >= 0.6 is 11.5 Å². The highest BCUT2D eigenvalue weighted by atomic mass is 32.1. The van der Waals surface area contributed by atoms with Crippen LogP contribution in [0.5, 0.6) is 0 Å². The number of rotatable bonds is 4. The van der Waals surface area contributed by atoms with Crippen LogP contribution in [0, 0.1) is 0 Å². The minimum atomic E-state index is -0.644. The van der Waals surface area contributed by atoms with E-state index in [1.54, 1.807) is 0 Å². The molecule has 3 N–H and O–H groups in total. The minimum absolute atomic E-state index is 0.490. The van der Waals surface area contributed by atoms with Crippen molar-refractivity contribution in [3.63, 3.8) is 0 Å². The number of β-amino-alcohol motifs (C(OH)–C–C–N with tert-alkyl or cyclic N) is 2. The zero-order valence-electron chi connectivity index (χ0n) is 9.13. The predicted octanol–water partition coefficient (Wildman–Crippen LogP) is -0.493. The summed E-state index contributed by atoms with van der Waals surface area (Å²) in [5.41, 5.74) is 0.883. The molecule has 1 aromatic rings. The van der Waals surface area contributed by atoms with Gasteiger partial charge in [-0.05, 0) is 6.92 Å². The molecule has 1 aromatic heterocycles. The lowest BCUT2D eigenvalue weighted by atomic mass is 10.3. The van der Waals surface area contributed by atoms with E-state index in [0.717, 1.165) is 17.2 Å². The average molecular weight is 244 g/mol. The Bertz CT molecular complexity index is 336. The van der Waals surface area contributed by atoms with E-state index in [1.165, 1.54) is 11.5 Å². The Morgan fingerprint density at radius 1 is 1.44 bits per heavy atom. The van der Waals surface area contributed by atoms with Crippen LogP contribution in [0.3, 0.4) is 0 Å². The van der Waals surface area contributed by atoms with Crippen LogP contribution in [0.25, 0.3) is 0 Å². The predicted molar refractivity (Wildman–Crippen MR) is 61.4 cm³/mol. The molecule has 1 fully saturated rings. The van der Waals surface area contributed by atoms with Gasteiger partial charge < -0.3 is 15.5 Å². The molecule has 0 aromatic carbocycles. The molecule has 2 atom stereocenters. The fourth-order valence-electron chi connectivity index (χ4n) is 1.79. The number of nitrogens with zero attached hydrogens (tertiary/aromatic N) is 3. The Balaban J connectivity index is 1.96. The van der Waals surface area contributed by atoms with Gasteiger partial charge in [0.25, 0.3) is 0 Å². The maximum atomic E-state index is 9.43. The van der Waals surface area contributed by atoms with Crippen LogP contribution < -0.4 is 5.32 Å². The zero-order chi connectivity index (χ0) is 11.5. The maximum absolute atomic E-state index is 9.43. The van der Waals surface area contributed by atoms with Gasteiger partial charge in [-0.3, -0.25) is 4.90 Å². The van der Waals surface area contributed by atoms with Gasteiger partial charge in [-0.1, -0.05) is 4.49 Å². The van der Waals surface area contributed by atoms with Gasteiger partial charge in [0, 0.05) is 37.7 Å². The number of likely N-dealkylation sites (tertiary alicyclic amines) is 1. The van der Waals surface area contributed by atoms with Crippen molar-refractivity contribution >= 4 is 16.5 Å². The first-order valence-electron chi connectivity index (χ1n) is 5.34. The first-order valence-corrected chi connectivity index (χ1v) is 6.11. The Morgan fingerprint density at radius 3 is 2.75 bits per heavy atom. The largest absolute Gasteiger partial charge is 0.389 e. The Hall–Kier alpha value is -0.760. The van der Waals surface area contributed by atoms with Gasteiger partial charge in [-0.2, -0.15) is 0 Å². The van der Waals surface area contributed by atoms with E-state index in [-0.39, 0.29) is 0 Å². The normalized spacial score (nSPS) is 26.2. The molecular weight excluding hydrogens is 228 g/mol. The number of hydrogen-bond acceptors (Lipinski definition) is 7. The summed E-state index contributed by atoms with van der Waals surface area (Å²) in [5, 5.41) is 27.1. The lowest BCUT2D eigenvalue weighted by molar-refractivity contribution is 0.0572. The molecule has 0 amide bonds. The maximum Gasteiger partial charge on any atom is 0.134 e. The standard InChI is InChI=1S/C9H16N4O2S/c1-2-10-9-6(11-12-16-9)3-13-4-7(14)8(15)5-13/h7-8,10,14-15H,2-5H2,1H3. The molecule has 0 aliphatic carbocycles. The van der Waals surface area contributed by atoms with Gasteiger partial charge >= 0.3 is 0 Å². The fourth-order valence-corrected chi connectivity index (χ4v) is 2.44. The topological polar surface area (TPSA) is 81.5 Å². The Labute approximate surface area is 98.1 Å². The highest BCUT2D eigenvalue weighted by molar-refractivity contribution is 7.10. The van der Waals surface area contributed by atoms with Gasteiger partial charge in [0.15, 0.2) is 0 Å². The molecule has 16 heavy (non-hydrogen) atoms. The van der Waals surface area contributed by atoms with Crippen molar-refractivity contribution in [2.24, 2.45) is 0 Å². The van der Waals surface area contributed by atoms with Gasteiger partial charge in [0.05, 0.1) is 12.2 Å². The van der Waals surface area contributed by atoms with Crippen molar-refractivity contribution in [2.45, 2.75) is 25.7 Å². The number of hydrogen-bond donors (Lipinski definition) is 3. The van der Waals surface area contributed by atoms with Crippen molar-refractivity contribution in [1.29, 1.82) is 0 Å². The van der Waals surface area contributed by atoms with Crippen LogP contribution in [-0.4, -0.2) is 56.5 Å². The van der Waals surface area contributed by atoms with Crippen molar-refractivity contribution in [2.75, 3.05) is 25.0 Å². The summed E-state index contributed by atoms with van der Waals surface area (Å²) in [4.78, 5) is 1.98. The van der Waals surface area contributed by atoms with Crippen molar-refractivity contribution in [3.05, 3.63) is 5.69 Å². The number of anilines is 1. The van der Waals surface area contributed by atoms with Gasteiger partial charge in [-0.25, -0.2) is 0 Å². The summed E-state index contributed by atoms with van der Waals surface area (Å²) in [6.45, 7) is 4.45. The first-order chi connectivity index (χ1) is 7.70. The zero-order valence-corrected chi connectivity index (χ0v) is 9.94. The molecule has 1 aliphatic rings. The van der Waals surface area contributed by atoms with Crippen molar-refractivity contribution < 1.29 is 10.2 Å². The molecule has 6 nitrogen and oxygen atoms in total. The lowest BCUT2D eigenvalue weighted by Crippen LogP contribution is -2.22. The van der Waals surface area contributed by atoms with E-state index in [0.29, 0.717) is 19.6 Å². The van der Waals surface area contributed by atoms with Gasteiger partial charge in [-0.15, -0.1) is 5.10 Å². The van der Waals surface area contributed by atoms with Crippen molar-refractivity contribution in [1.82, 2.24) is 14.5 Å². The smallest absolute Gasteiger partial charge is 0.134 e. The van der Waals surface area contributed by atoms with Crippen LogP contribution in [0.2, 0.25) is 0 Å². The molecule has 7 heteroatoms. The lowest BCUT2D eigenvalue weighted by Gasteiger charge is -2.13. The van der Waals surface area contributed by atoms with Crippen LogP contribution in [0.4, 0.5) is 5.00 Å². The van der Waals surface area contributed by atoms with Crippen LogP contribution in [0.15, 0.2) is 0 Å². The van der Waals surface area contributed by atoms with E-state index >= 15 is 0 Å². The number of aliphatic hydroxyl groups excluding tert-OH is 2. The number of nitrogens with one attached hydrogen (secondary N) is 1. The number of aromatic nitrogens is 2. The third-order valence-electron chi connectivity index (χ3n) is 2.60. The average Bonchev–Trinajstić information content (AvgIpc) is 2.77. The van der Waals surface area contributed by atoms with E-state index < -0.39 is 12.2 Å². The highest BCUT2D eigenvalue weighted by Crippen LogP contribution is 2.21. The summed E-state index contributed by atoms with van der Waals surface area (Å²) >= 11 is 1.34. The molecule has 1 aliphatic heterocycles. The molecule has 0 spiro atoms. The van der Waals surface area contributed by atoms with E-state index in [9.17, 15) is 10.2 Å². The minimum Gasteiger partial charge on any atom is -0.389 e. The molecule has 2 rings (SSSR count). The summed E-state index contributed by atoms with van der Waals surface area (Å²) < 4.78 is 3.90. The van der Waals surface area contributed by atoms with Crippen molar-refractivity contribution in [3.8, 4) is 0 Å². The second-order valence-electron chi connectivity index (χ2n) is 3.91. The van der Waals surface area contributed by atoms with Crippen LogP contribution in [0.1, 0.15) is 12.6 Å². The quantitative estimate of drug-likeness (QED) is 0.663. The Kier molecular flexibility index (Phi) is 3.70. The molecule has 0 radical (unpaired) electrons. The third kappa shape index (κ3) is 2.49. The number of aliphatic hydroxyl groups is 2. The second kappa shape index (κ2) is 5.05. The third-order valence-corrected chi connectivity index (χ3v) is 3.33. The van der Waals surface area contributed by atoms with E-state index in [4.69, 9.17) is 0 Å². The van der Waals surface area contributed by atoms with Crippen LogP contribution in [-0.2, 0) is 6.54 Å².